The van der Waals surface area contributed by atoms with Crippen molar-refractivity contribution in [2.75, 3.05) is 0 Å². The Morgan fingerprint density at radius 1 is 1.10 bits per heavy atom. The smallest absolute Gasteiger partial charge is 0.270 e. The van der Waals surface area contributed by atoms with Gasteiger partial charge in [-0.1, -0.05) is 32.0 Å². The van der Waals surface area contributed by atoms with Crippen LogP contribution in [0, 0.1) is 5.92 Å². The molecule has 1 atom stereocenters. The maximum absolute atomic E-state index is 12.9. The molecule has 3 aromatic heterocycles. The molecule has 0 aliphatic heterocycles. The van der Waals surface area contributed by atoms with E-state index in [0.29, 0.717) is 12.2 Å². The van der Waals surface area contributed by atoms with Crippen molar-refractivity contribution in [3.05, 3.63) is 66.4 Å². The second-order valence-electron chi connectivity index (χ2n) is 7.74. The van der Waals surface area contributed by atoms with Gasteiger partial charge in [-0.25, -0.2) is 4.98 Å². The first-order valence-electron chi connectivity index (χ1n) is 9.98. The van der Waals surface area contributed by atoms with Crippen LogP contribution in [0.3, 0.4) is 0 Å². The monoisotopic (exact) mass is 404 g/mol. The van der Waals surface area contributed by atoms with Crippen molar-refractivity contribution >= 4 is 33.6 Å². The Hall–Kier alpha value is -3.61. The zero-order valence-corrected chi connectivity index (χ0v) is 16.9. The Balaban J connectivity index is 1.52. The number of fused-ring (bicyclic) bond motifs is 3. The van der Waals surface area contributed by atoms with E-state index < -0.39 is 6.04 Å². The van der Waals surface area contributed by atoms with Crippen molar-refractivity contribution in [2.24, 2.45) is 5.92 Å². The van der Waals surface area contributed by atoms with Gasteiger partial charge in [0.05, 0.1) is 24.5 Å². The highest BCUT2D eigenvalue weighted by atomic mass is 16.3. The normalized spacial score (nSPS) is 12.4. The van der Waals surface area contributed by atoms with E-state index in [0.717, 1.165) is 21.8 Å². The molecule has 2 amide bonds. The Morgan fingerprint density at radius 3 is 2.70 bits per heavy atom. The number of nitrogens with one attached hydrogen (secondary N) is 3. The van der Waals surface area contributed by atoms with Crippen LogP contribution in [0.1, 0.15) is 36.5 Å². The maximum atomic E-state index is 12.9. The van der Waals surface area contributed by atoms with Gasteiger partial charge in [0.25, 0.3) is 5.91 Å². The molecule has 0 bridgehead atoms. The number of amides is 2. The van der Waals surface area contributed by atoms with E-state index in [9.17, 15) is 9.59 Å². The molecule has 0 radical (unpaired) electrons. The van der Waals surface area contributed by atoms with Crippen LogP contribution in [0.15, 0.2) is 59.3 Å². The Labute approximate surface area is 173 Å². The summed E-state index contributed by atoms with van der Waals surface area (Å²) in [6.45, 7) is 4.29. The minimum absolute atomic E-state index is 0.230. The van der Waals surface area contributed by atoms with E-state index in [1.807, 2.05) is 38.1 Å². The SMILES string of the molecule is CC(C)CC(NC(=O)c1cc2c(cn1)[nH]c1ccccc12)C(=O)NCc1ccco1. The fraction of sp³-hybridized carbons (Fsp3) is 0.261. The van der Waals surface area contributed by atoms with E-state index in [-0.39, 0.29) is 30.0 Å². The first-order valence-corrected chi connectivity index (χ1v) is 9.98. The summed E-state index contributed by atoms with van der Waals surface area (Å²) in [5.41, 5.74) is 2.13. The third-order valence-electron chi connectivity index (χ3n) is 4.97. The summed E-state index contributed by atoms with van der Waals surface area (Å²) in [6.07, 6.45) is 3.73. The minimum Gasteiger partial charge on any atom is -0.467 e. The molecule has 4 aromatic rings. The number of hydrogen-bond acceptors (Lipinski definition) is 4. The second-order valence-corrected chi connectivity index (χ2v) is 7.74. The van der Waals surface area contributed by atoms with E-state index in [1.165, 1.54) is 0 Å². The van der Waals surface area contributed by atoms with Crippen LogP contribution in [0.4, 0.5) is 0 Å². The molecule has 154 valence electrons. The summed E-state index contributed by atoms with van der Waals surface area (Å²) in [6, 6.07) is 12.5. The second kappa shape index (κ2) is 8.41. The average Bonchev–Trinajstić information content (AvgIpc) is 3.38. The van der Waals surface area contributed by atoms with Crippen molar-refractivity contribution < 1.29 is 14.0 Å². The predicted molar refractivity (Wildman–Crippen MR) is 115 cm³/mol. The number of nitrogens with zero attached hydrogens (tertiary/aromatic N) is 1. The van der Waals surface area contributed by atoms with Crippen LogP contribution < -0.4 is 10.6 Å². The van der Waals surface area contributed by atoms with Gasteiger partial charge in [-0.15, -0.1) is 0 Å². The number of carbonyl (C=O) groups excluding carboxylic acids is 2. The van der Waals surface area contributed by atoms with E-state index in [4.69, 9.17) is 4.42 Å². The molecule has 7 heteroatoms. The van der Waals surface area contributed by atoms with Crippen LogP contribution in [0.25, 0.3) is 21.8 Å². The van der Waals surface area contributed by atoms with Gasteiger partial charge in [-0.05, 0) is 36.6 Å². The standard InChI is InChI=1S/C23H24N4O3/c1-14(2)10-20(22(28)25-12-15-6-5-9-30-15)27-23(29)19-11-17-16-7-3-4-8-18(16)26-21(17)13-24-19/h3-9,11,13-14,20,26H,10,12H2,1-2H3,(H,25,28)(H,27,29). The van der Waals surface area contributed by atoms with Crippen LogP contribution >= 0.6 is 0 Å². The van der Waals surface area contributed by atoms with Crippen LogP contribution in [0.5, 0.6) is 0 Å². The molecule has 1 unspecified atom stereocenters. The number of aromatic nitrogens is 2. The highest BCUT2D eigenvalue weighted by molar-refractivity contribution is 6.09. The summed E-state index contributed by atoms with van der Waals surface area (Å²) in [5, 5.41) is 7.62. The lowest BCUT2D eigenvalue weighted by Crippen LogP contribution is -2.47. The predicted octanol–water partition coefficient (Wildman–Crippen LogP) is 3.77. The van der Waals surface area contributed by atoms with Gasteiger partial charge < -0.3 is 20.0 Å². The highest BCUT2D eigenvalue weighted by Gasteiger charge is 2.23. The number of furan rings is 1. The zero-order valence-electron chi connectivity index (χ0n) is 16.9. The molecule has 7 nitrogen and oxygen atoms in total. The van der Waals surface area contributed by atoms with Crippen LogP contribution in [-0.2, 0) is 11.3 Å². The quantitative estimate of drug-likeness (QED) is 0.436. The number of carbonyl (C=O) groups is 2. The first kappa shape index (κ1) is 19.7. The number of pyridine rings is 1. The van der Waals surface area contributed by atoms with Crippen LogP contribution in [-0.4, -0.2) is 27.8 Å². The van der Waals surface area contributed by atoms with Crippen LogP contribution in [0.2, 0.25) is 0 Å². The third-order valence-corrected chi connectivity index (χ3v) is 4.97. The van der Waals surface area contributed by atoms with Gasteiger partial charge >= 0.3 is 0 Å². The van der Waals surface area contributed by atoms with Crippen molar-refractivity contribution in [2.45, 2.75) is 32.9 Å². The van der Waals surface area contributed by atoms with Crippen molar-refractivity contribution in [3.63, 3.8) is 0 Å². The molecule has 0 saturated heterocycles. The van der Waals surface area contributed by atoms with Gasteiger partial charge in [-0.3, -0.25) is 9.59 Å². The maximum Gasteiger partial charge on any atom is 0.270 e. The fourth-order valence-electron chi connectivity index (χ4n) is 3.52. The Morgan fingerprint density at radius 2 is 1.93 bits per heavy atom. The van der Waals surface area contributed by atoms with Crippen molar-refractivity contribution in [1.82, 2.24) is 20.6 Å². The largest absolute Gasteiger partial charge is 0.467 e. The number of aromatic amines is 1. The molecule has 3 N–H and O–H groups in total. The van der Waals surface area contributed by atoms with Gasteiger partial charge in [0, 0.05) is 16.3 Å². The average molecular weight is 404 g/mol. The molecule has 0 aliphatic rings. The zero-order chi connectivity index (χ0) is 21.1. The Kier molecular flexibility index (Phi) is 5.52. The van der Waals surface area contributed by atoms with E-state index in [2.05, 4.69) is 20.6 Å². The number of rotatable bonds is 7. The number of hydrogen-bond donors (Lipinski definition) is 3. The molecule has 1 aromatic carbocycles. The third kappa shape index (κ3) is 4.20. The summed E-state index contributed by atoms with van der Waals surface area (Å²) in [5.74, 6) is 0.265. The van der Waals surface area contributed by atoms with Crippen molar-refractivity contribution in [1.29, 1.82) is 0 Å². The van der Waals surface area contributed by atoms with E-state index >= 15 is 0 Å². The number of H-pyrrole nitrogens is 1. The summed E-state index contributed by atoms with van der Waals surface area (Å²) in [4.78, 5) is 33.2. The molecule has 30 heavy (non-hydrogen) atoms. The van der Waals surface area contributed by atoms with E-state index in [1.54, 1.807) is 30.7 Å². The van der Waals surface area contributed by atoms with Gasteiger partial charge in [0.15, 0.2) is 0 Å². The fourth-order valence-corrected chi connectivity index (χ4v) is 3.52. The molecule has 0 fully saturated rings. The highest BCUT2D eigenvalue weighted by Crippen LogP contribution is 2.25. The topological polar surface area (TPSA) is 100 Å². The van der Waals surface area contributed by atoms with Gasteiger partial charge in [-0.2, -0.15) is 0 Å². The van der Waals surface area contributed by atoms with Crippen molar-refractivity contribution in [3.8, 4) is 0 Å². The molecule has 4 rings (SSSR count). The lowest BCUT2D eigenvalue weighted by atomic mass is 10.0. The summed E-state index contributed by atoms with van der Waals surface area (Å²) >= 11 is 0. The molecule has 3 heterocycles. The summed E-state index contributed by atoms with van der Waals surface area (Å²) in [7, 11) is 0. The first-order chi connectivity index (χ1) is 14.5. The lowest BCUT2D eigenvalue weighted by Gasteiger charge is -2.19. The molecule has 0 saturated carbocycles. The van der Waals surface area contributed by atoms with Gasteiger partial charge in [0.2, 0.25) is 5.91 Å². The number of para-hydroxylation sites is 1. The summed E-state index contributed by atoms with van der Waals surface area (Å²) < 4.78 is 5.25. The Bertz CT molecular complexity index is 1180. The minimum atomic E-state index is -0.659. The molecular formula is C23H24N4O3. The lowest BCUT2D eigenvalue weighted by molar-refractivity contribution is -0.123. The molecule has 0 spiro atoms. The van der Waals surface area contributed by atoms with Gasteiger partial charge in [0.1, 0.15) is 17.5 Å². The molecule has 0 aliphatic carbocycles. The number of benzene rings is 1. The molecular weight excluding hydrogens is 380 g/mol.